The van der Waals surface area contributed by atoms with Crippen LogP contribution in [-0.2, 0) is 22.6 Å². The highest BCUT2D eigenvalue weighted by molar-refractivity contribution is 7.20. The summed E-state index contributed by atoms with van der Waals surface area (Å²) in [5, 5.41) is 0.441. The molecule has 7 nitrogen and oxygen atoms in total. The molecule has 1 aliphatic heterocycles. The van der Waals surface area contributed by atoms with Crippen molar-refractivity contribution >= 4 is 27.8 Å². The van der Waals surface area contributed by atoms with Crippen LogP contribution < -0.4 is 11.2 Å². The molecule has 1 unspecified atom stereocenters. The Kier molecular flexibility index (Phi) is 4.98. The zero-order chi connectivity index (χ0) is 17.3. The number of carbonyl (C=O) groups excluding carboxylic acids is 1. The van der Waals surface area contributed by atoms with Crippen LogP contribution >= 0.6 is 11.3 Å². The highest BCUT2D eigenvalue weighted by Crippen LogP contribution is 2.27. The average Bonchev–Trinajstić information content (AvgIpc) is 3.19. The third-order valence-electron chi connectivity index (χ3n) is 4.37. The van der Waals surface area contributed by atoms with Crippen molar-refractivity contribution in [2.75, 3.05) is 20.3 Å². The second-order valence-corrected chi connectivity index (χ2v) is 6.90. The molecular formula is C16H20N2O5S. The van der Waals surface area contributed by atoms with Crippen LogP contribution in [0, 0.1) is 6.92 Å². The van der Waals surface area contributed by atoms with E-state index in [2.05, 4.69) is 0 Å². The summed E-state index contributed by atoms with van der Waals surface area (Å²) in [7, 11) is 1.52. The summed E-state index contributed by atoms with van der Waals surface area (Å²) >= 11 is 1.19. The Hall–Kier alpha value is -1.77. The number of hydrogen-bond donors (Lipinski definition) is 0. The molecule has 1 saturated heterocycles. The van der Waals surface area contributed by atoms with Gasteiger partial charge in [0, 0.05) is 13.7 Å². The minimum Gasteiger partial charge on any atom is -0.383 e. The average molecular weight is 352 g/mol. The molecule has 0 aliphatic carbocycles. The maximum atomic E-state index is 12.8. The molecule has 0 radical (unpaired) electrons. The van der Waals surface area contributed by atoms with Gasteiger partial charge in [-0.3, -0.25) is 18.7 Å². The number of fused-ring (bicyclic) bond motifs is 1. The Morgan fingerprint density at radius 3 is 2.79 bits per heavy atom. The fourth-order valence-corrected chi connectivity index (χ4v) is 4.17. The van der Waals surface area contributed by atoms with Crippen LogP contribution in [0.5, 0.6) is 0 Å². The van der Waals surface area contributed by atoms with Gasteiger partial charge < -0.3 is 9.47 Å². The van der Waals surface area contributed by atoms with Gasteiger partial charge in [0.2, 0.25) is 0 Å². The van der Waals surface area contributed by atoms with E-state index in [-0.39, 0.29) is 30.5 Å². The summed E-state index contributed by atoms with van der Waals surface area (Å²) in [5.41, 5.74) is -0.113. The summed E-state index contributed by atoms with van der Waals surface area (Å²) in [6, 6.07) is 0. The molecule has 1 atom stereocenters. The molecule has 2 aromatic rings. The van der Waals surface area contributed by atoms with Crippen molar-refractivity contribution in [2.24, 2.45) is 0 Å². The van der Waals surface area contributed by atoms with E-state index in [4.69, 9.17) is 9.47 Å². The number of aldehydes is 1. The van der Waals surface area contributed by atoms with E-state index in [1.165, 1.54) is 23.0 Å². The van der Waals surface area contributed by atoms with Crippen molar-refractivity contribution < 1.29 is 14.3 Å². The largest absolute Gasteiger partial charge is 0.383 e. The van der Waals surface area contributed by atoms with Crippen molar-refractivity contribution in [3.63, 3.8) is 0 Å². The highest BCUT2D eigenvalue weighted by Gasteiger charge is 2.23. The van der Waals surface area contributed by atoms with Gasteiger partial charge in [-0.2, -0.15) is 0 Å². The van der Waals surface area contributed by atoms with E-state index in [1.54, 1.807) is 11.5 Å². The number of rotatable bonds is 6. The van der Waals surface area contributed by atoms with Crippen molar-refractivity contribution in [1.82, 2.24) is 9.13 Å². The predicted molar refractivity (Wildman–Crippen MR) is 91.3 cm³/mol. The van der Waals surface area contributed by atoms with Gasteiger partial charge in [-0.15, -0.1) is 11.3 Å². The van der Waals surface area contributed by atoms with Crippen LogP contribution in [-0.4, -0.2) is 41.8 Å². The first kappa shape index (κ1) is 17.1. The van der Waals surface area contributed by atoms with Gasteiger partial charge >= 0.3 is 5.69 Å². The molecular weight excluding hydrogens is 332 g/mol. The maximum Gasteiger partial charge on any atom is 0.332 e. The molecule has 8 heteroatoms. The SMILES string of the molecule is COCCn1c(=O)c2c(C)c(C=O)sc2n(CC2CCCO2)c1=O. The van der Waals surface area contributed by atoms with Gasteiger partial charge in [0.1, 0.15) is 4.83 Å². The molecule has 0 bridgehead atoms. The molecule has 0 N–H and O–H groups in total. The van der Waals surface area contributed by atoms with Crippen LogP contribution in [0.2, 0.25) is 0 Å². The minimum atomic E-state index is -0.376. The molecule has 3 heterocycles. The van der Waals surface area contributed by atoms with Crippen molar-refractivity contribution in [2.45, 2.75) is 39.0 Å². The van der Waals surface area contributed by atoms with Crippen LogP contribution in [0.15, 0.2) is 9.59 Å². The number of aryl methyl sites for hydroxylation is 1. The second-order valence-electron chi connectivity index (χ2n) is 5.87. The zero-order valence-electron chi connectivity index (χ0n) is 13.7. The first-order chi connectivity index (χ1) is 11.6. The zero-order valence-corrected chi connectivity index (χ0v) is 14.6. The third-order valence-corrected chi connectivity index (χ3v) is 5.61. The Labute approximate surface area is 142 Å². The van der Waals surface area contributed by atoms with Gasteiger partial charge in [0.25, 0.3) is 5.56 Å². The Morgan fingerprint density at radius 1 is 1.38 bits per heavy atom. The Bertz CT molecular complexity index is 873. The fraction of sp³-hybridized carbons (Fsp3) is 0.562. The number of thiophene rings is 1. The number of hydrogen-bond acceptors (Lipinski definition) is 6. The summed E-state index contributed by atoms with van der Waals surface area (Å²) in [6.07, 6.45) is 2.55. The van der Waals surface area contributed by atoms with Gasteiger partial charge in [-0.05, 0) is 25.3 Å². The molecule has 1 fully saturated rings. The lowest BCUT2D eigenvalue weighted by Crippen LogP contribution is -2.42. The summed E-state index contributed by atoms with van der Waals surface area (Å²) < 4.78 is 13.4. The van der Waals surface area contributed by atoms with Crippen molar-refractivity contribution in [1.29, 1.82) is 0 Å². The van der Waals surface area contributed by atoms with Gasteiger partial charge in [0.15, 0.2) is 6.29 Å². The third kappa shape index (κ3) is 2.85. The molecule has 2 aromatic heterocycles. The second kappa shape index (κ2) is 7.00. The number of aromatic nitrogens is 2. The van der Waals surface area contributed by atoms with Crippen molar-refractivity contribution in [3.8, 4) is 0 Å². The fourth-order valence-electron chi connectivity index (χ4n) is 3.06. The molecule has 1 aliphatic rings. The van der Waals surface area contributed by atoms with E-state index in [0.717, 1.165) is 19.1 Å². The van der Waals surface area contributed by atoms with E-state index in [9.17, 15) is 14.4 Å². The Balaban J connectivity index is 2.24. The number of methoxy groups -OCH3 is 1. The predicted octanol–water partition coefficient (Wildman–Crippen LogP) is 1.17. The minimum absolute atomic E-state index is 0.0404. The lowest BCUT2D eigenvalue weighted by molar-refractivity contribution is 0.0964. The molecule has 0 amide bonds. The van der Waals surface area contributed by atoms with Crippen LogP contribution in [0.25, 0.3) is 10.2 Å². The van der Waals surface area contributed by atoms with Crippen LogP contribution in [0.4, 0.5) is 0 Å². The quantitative estimate of drug-likeness (QED) is 0.729. The first-order valence-electron chi connectivity index (χ1n) is 7.91. The first-order valence-corrected chi connectivity index (χ1v) is 8.72. The topological polar surface area (TPSA) is 79.5 Å². The molecule has 0 saturated carbocycles. The molecule has 24 heavy (non-hydrogen) atoms. The monoisotopic (exact) mass is 352 g/mol. The van der Waals surface area contributed by atoms with Crippen molar-refractivity contribution in [3.05, 3.63) is 31.3 Å². The molecule has 0 spiro atoms. The van der Waals surface area contributed by atoms with Gasteiger partial charge in [0.05, 0.1) is 36.1 Å². The lowest BCUT2D eigenvalue weighted by Gasteiger charge is -2.15. The highest BCUT2D eigenvalue weighted by atomic mass is 32.1. The summed E-state index contributed by atoms with van der Waals surface area (Å²) in [6.45, 7) is 3.27. The number of nitrogens with zero attached hydrogens (tertiary/aromatic N) is 2. The van der Waals surface area contributed by atoms with E-state index in [1.807, 2.05) is 0 Å². The normalized spacial score (nSPS) is 17.7. The molecule has 3 rings (SSSR count). The standard InChI is InChI=1S/C16H20N2O5S/c1-10-12(9-19)24-15-13(10)14(20)17(5-7-22-2)16(21)18(15)8-11-4-3-6-23-11/h9,11H,3-8H2,1-2H3. The Morgan fingerprint density at radius 2 is 2.17 bits per heavy atom. The van der Waals surface area contributed by atoms with E-state index in [0.29, 0.717) is 33.8 Å². The summed E-state index contributed by atoms with van der Waals surface area (Å²) in [4.78, 5) is 37.9. The number of ether oxygens (including phenoxy) is 2. The number of carbonyl (C=O) groups is 1. The summed E-state index contributed by atoms with van der Waals surface area (Å²) in [5.74, 6) is 0. The van der Waals surface area contributed by atoms with E-state index < -0.39 is 0 Å². The van der Waals surface area contributed by atoms with Gasteiger partial charge in [-0.1, -0.05) is 0 Å². The van der Waals surface area contributed by atoms with Gasteiger partial charge in [-0.25, -0.2) is 4.79 Å². The van der Waals surface area contributed by atoms with E-state index >= 15 is 0 Å². The molecule has 0 aromatic carbocycles. The van der Waals surface area contributed by atoms with Crippen LogP contribution in [0.3, 0.4) is 0 Å². The van der Waals surface area contributed by atoms with Crippen LogP contribution in [0.1, 0.15) is 28.1 Å². The lowest BCUT2D eigenvalue weighted by atomic mass is 10.2. The maximum absolute atomic E-state index is 12.8. The molecule has 130 valence electrons. The smallest absolute Gasteiger partial charge is 0.332 e.